The fourth-order valence-electron chi connectivity index (χ4n) is 3.56. The molecular weight excluding hydrogens is 363 g/mol. The fraction of sp³-hybridized carbons (Fsp3) is 0.500. The molecule has 2 aliphatic rings. The van der Waals surface area contributed by atoms with Gasteiger partial charge < -0.3 is 9.80 Å². The summed E-state index contributed by atoms with van der Waals surface area (Å²) >= 11 is 0. The van der Waals surface area contributed by atoms with Crippen molar-refractivity contribution in [2.45, 2.75) is 25.4 Å². The van der Waals surface area contributed by atoms with Crippen LogP contribution in [0.15, 0.2) is 30.4 Å². The van der Waals surface area contributed by atoms with E-state index in [1.165, 1.54) is 0 Å². The second-order valence-electron chi connectivity index (χ2n) is 6.75. The number of carbonyl (C=O) groups is 1. The first kappa shape index (κ1) is 19.2. The summed E-state index contributed by atoms with van der Waals surface area (Å²) in [6, 6.07) is 2.57. The van der Waals surface area contributed by atoms with E-state index in [1.54, 1.807) is 9.80 Å². The smallest absolute Gasteiger partial charge is 0.362 e. The van der Waals surface area contributed by atoms with E-state index in [1.807, 2.05) is 6.08 Å². The molecule has 0 radical (unpaired) electrons. The first-order valence-corrected chi connectivity index (χ1v) is 8.81. The number of amides is 1. The van der Waals surface area contributed by atoms with Crippen molar-refractivity contribution in [1.29, 1.82) is 0 Å². The number of nitro benzene ring substituents is 1. The first-order chi connectivity index (χ1) is 12.8. The standard InChI is InChI=1S/C18H20F3N3O3/c19-18(20,21)14-6-7-15(16(12-14)24(26)27)22-8-10-23(11-9-22)17(25)13-4-2-1-3-5-13/h1-2,6-7,12-13H,3-5,8-11H2. The van der Waals surface area contributed by atoms with Crippen LogP contribution < -0.4 is 4.90 Å². The van der Waals surface area contributed by atoms with Gasteiger partial charge in [-0.15, -0.1) is 0 Å². The van der Waals surface area contributed by atoms with Crippen LogP contribution in [0.5, 0.6) is 0 Å². The number of alkyl halides is 3. The zero-order chi connectivity index (χ0) is 19.6. The minimum Gasteiger partial charge on any atom is -0.362 e. The summed E-state index contributed by atoms with van der Waals surface area (Å²) in [4.78, 5) is 26.5. The Balaban J connectivity index is 1.71. The maximum atomic E-state index is 12.8. The van der Waals surface area contributed by atoms with Gasteiger partial charge in [-0.1, -0.05) is 12.2 Å². The second-order valence-corrected chi connectivity index (χ2v) is 6.75. The fourth-order valence-corrected chi connectivity index (χ4v) is 3.56. The van der Waals surface area contributed by atoms with Gasteiger partial charge in [-0.2, -0.15) is 13.2 Å². The lowest BCUT2D eigenvalue weighted by atomic mass is 9.93. The number of nitro groups is 1. The van der Waals surface area contributed by atoms with Crippen LogP contribution in [0.4, 0.5) is 24.5 Å². The van der Waals surface area contributed by atoms with E-state index in [4.69, 9.17) is 0 Å². The van der Waals surface area contributed by atoms with Gasteiger partial charge >= 0.3 is 6.18 Å². The molecule has 0 aromatic heterocycles. The van der Waals surface area contributed by atoms with Crippen molar-refractivity contribution in [3.63, 3.8) is 0 Å². The van der Waals surface area contributed by atoms with Crippen LogP contribution in [-0.2, 0) is 11.0 Å². The Morgan fingerprint density at radius 3 is 2.41 bits per heavy atom. The van der Waals surface area contributed by atoms with E-state index in [0.717, 1.165) is 31.4 Å². The van der Waals surface area contributed by atoms with Crippen molar-refractivity contribution < 1.29 is 22.9 Å². The number of carbonyl (C=O) groups excluding carboxylic acids is 1. The minimum atomic E-state index is -4.64. The van der Waals surface area contributed by atoms with Gasteiger partial charge in [0.2, 0.25) is 5.91 Å². The van der Waals surface area contributed by atoms with E-state index in [2.05, 4.69) is 6.08 Å². The Morgan fingerprint density at radius 1 is 1.15 bits per heavy atom. The number of rotatable bonds is 3. The van der Waals surface area contributed by atoms with Gasteiger partial charge in [-0.05, 0) is 31.4 Å². The summed E-state index contributed by atoms with van der Waals surface area (Å²) in [6.45, 7) is 1.50. The van der Waals surface area contributed by atoms with Crippen molar-refractivity contribution >= 4 is 17.3 Å². The predicted molar refractivity (Wildman–Crippen MR) is 93.4 cm³/mol. The lowest BCUT2D eigenvalue weighted by molar-refractivity contribution is -0.384. The summed E-state index contributed by atoms with van der Waals surface area (Å²) in [7, 11) is 0. The van der Waals surface area contributed by atoms with Crippen LogP contribution in [0.3, 0.4) is 0 Å². The molecule has 0 saturated carbocycles. The van der Waals surface area contributed by atoms with E-state index in [0.29, 0.717) is 32.2 Å². The molecule has 1 saturated heterocycles. The number of halogens is 3. The zero-order valence-corrected chi connectivity index (χ0v) is 14.6. The van der Waals surface area contributed by atoms with Gasteiger partial charge in [-0.25, -0.2) is 0 Å². The lowest BCUT2D eigenvalue weighted by Crippen LogP contribution is -2.50. The first-order valence-electron chi connectivity index (χ1n) is 8.81. The molecule has 1 aliphatic carbocycles. The molecule has 0 spiro atoms. The SMILES string of the molecule is O=C(C1CC=CCC1)N1CCN(c2ccc(C(F)(F)F)cc2[N+](=O)[O-])CC1. The van der Waals surface area contributed by atoms with Crippen molar-refractivity contribution in [2.75, 3.05) is 31.1 Å². The molecule has 1 heterocycles. The molecule has 146 valence electrons. The number of benzene rings is 1. The number of nitrogens with zero attached hydrogens (tertiary/aromatic N) is 3. The highest BCUT2D eigenvalue weighted by molar-refractivity contribution is 5.79. The summed E-state index contributed by atoms with van der Waals surface area (Å²) in [5.74, 6) is 0.0582. The van der Waals surface area contributed by atoms with Crippen LogP contribution >= 0.6 is 0 Å². The number of piperazine rings is 1. The maximum absolute atomic E-state index is 12.8. The second kappa shape index (κ2) is 7.58. The van der Waals surface area contributed by atoms with Gasteiger partial charge in [0.25, 0.3) is 5.69 Å². The number of anilines is 1. The molecule has 1 aromatic rings. The molecule has 1 amide bonds. The molecule has 1 atom stereocenters. The lowest BCUT2D eigenvalue weighted by Gasteiger charge is -2.37. The molecule has 27 heavy (non-hydrogen) atoms. The molecular formula is C18H20F3N3O3. The quantitative estimate of drug-likeness (QED) is 0.454. The highest BCUT2D eigenvalue weighted by atomic mass is 19.4. The third-order valence-electron chi connectivity index (χ3n) is 5.05. The Hall–Kier alpha value is -2.58. The number of hydrogen-bond acceptors (Lipinski definition) is 4. The zero-order valence-electron chi connectivity index (χ0n) is 14.6. The molecule has 1 fully saturated rings. The topological polar surface area (TPSA) is 66.7 Å². The molecule has 9 heteroatoms. The molecule has 1 aliphatic heterocycles. The Labute approximate surface area is 154 Å². The largest absolute Gasteiger partial charge is 0.416 e. The van der Waals surface area contributed by atoms with E-state index >= 15 is 0 Å². The Bertz CT molecular complexity index is 756. The highest BCUT2D eigenvalue weighted by Gasteiger charge is 2.35. The van der Waals surface area contributed by atoms with Crippen LogP contribution in [0, 0.1) is 16.0 Å². The highest BCUT2D eigenvalue weighted by Crippen LogP contribution is 2.37. The van der Waals surface area contributed by atoms with Gasteiger partial charge in [-0.3, -0.25) is 14.9 Å². The number of hydrogen-bond donors (Lipinski definition) is 0. The van der Waals surface area contributed by atoms with Crippen LogP contribution in [0.25, 0.3) is 0 Å². The third kappa shape index (κ3) is 4.23. The average Bonchev–Trinajstić information content (AvgIpc) is 2.67. The van der Waals surface area contributed by atoms with E-state index in [-0.39, 0.29) is 17.5 Å². The summed E-state index contributed by atoms with van der Waals surface area (Å²) in [5, 5.41) is 11.3. The average molecular weight is 383 g/mol. The predicted octanol–water partition coefficient (Wildman–Crippen LogP) is 3.62. The van der Waals surface area contributed by atoms with Gasteiger partial charge in [0.1, 0.15) is 5.69 Å². The molecule has 6 nitrogen and oxygen atoms in total. The van der Waals surface area contributed by atoms with Crippen molar-refractivity contribution in [3.05, 3.63) is 46.0 Å². The summed E-state index contributed by atoms with van der Waals surface area (Å²) < 4.78 is 38.5. The van der Waals surface area contributed by atoms with E-state index < -0.39 is 22.4 Å². The van der Waals surface area contributed by atoms with Gasteiger partial charge in [0, 0.05) is 38.2 Å². The normalized spacial score (nSPS) is 20.6. The molecule has 1 aromatic carbocycles. The molecule has 1 unspecified atom stereocenters. The van der Waals surface area contributed by atoms with Crippen LogP contribution in [-0.4, -0.2) is 41.9 Å². The van der Waals surface area contributed by atoms with Crippen molar-refractivity contribution in [1.82, 2.24) is 4.90 Å². The monoisotopic (exact) mass is 383 g/mol. The van der Waals surface area contributed by atoms with Crippen molar-refractivity contribution in [2.24, 2.45) is 5.92 Å². The number of allylic oxidation sites excluding steroid dienone is 2. The Kier molecular flexibility index (Phi) is 5.38. The van der Waals surface area contributed by atoms with Crippen molar-refractivity contribution in [3.8, 4) is 0 Å². The molecule has 3 rings (SSSR count). The van der Waals surface area contributed by atoms with Gasteiger partial charge in [0.05, 0.1) is 10.5 Å². The maximum Gasteiger partial charge on any atom is 0.416 e. The molecule has 0 bridgehead atoms. The van der Waals surface area contributed by atoms with Gasteiger partial charge in [0.15, 0.2) is 0 Å². The molecule has 0 N–H and O–H groups in total. The van der Waals surface area contributed by atoms with Crippen LogP contribution in [0.1, 0.15) is 24.8 Å². The van der Waals surface area contributed by atoms with E-state index in [9.17, 15) is 28.1 Å². The Morgan fingerprint density at radius 2 is 1.85 bits per heavy atom. The van der Waals surface area contributed by atoms with Crippen LogP contribution in [0.2, 0.25) is 0 Å². The minimum absolute atomic E-state index is 0.0260. The summed E-state index contributed by atoms with van der Waals surface area (Å²) in [5.41, 5.74) is -1.46. The third-order valence-corrected chi connectivity index (χ3v) is 5.05. The summed E-state index contributed by atoms with van der Waals surface area (Å²) in [6.07, 6.45) is 1.86.